The molecule has 1 aromatic heterocycles. The molecular formula is C15H15BrN4O2S. The third-order valence-electron chi connectivity index (χ3n) is 3.07. The second kappa shape index (κ2) is 8.13. The zero-order valence-electron chi connectivity index (χ0n) is 12.7. The summed E-state index contributed by atoms with van der Waals surface area (Å²) in [4.78, 5) is 13.7. The van der Waals surface area contributed by atoms with Crippen molar-refractivity contribution in [2.75, 3.05) is 13.6 Å². The highest BCUT2D eigenvalue weighted by atomic mass is 79.9. The highest BCUT2D eigenvalue weighted by Gasteiger charge is 2.21. The molecule has 0 aliphatic carbocycles. The highest BCUT2D eigenvalue weighted by Crippen LogP contribution is 2.30. The van der Waals surface area contributed by atoms with Crippen molar-refractivity contribution in [1.82, 2.24) is 15.1 Å². The van der Waals surface area contributed by atoms with E-state index in [0.717, 1.165) is 10.0 Å². The Morgan fingerprint density at radius 2 is 2.22 bits per heavy atom. The van der Waals surface area contributed by atoms with Crippen molar-refractivity contribution in [2.45, 2.75) is 23.8 Å². The molecule has 2 aromatic rings. The molecule has 0 spiro atoms. The van der Waals surface area contributed by atoms with E-state index in [1.807, 2.05) is 30.3 Å². The summed E-state index contributed by atoms with van der Waals surface area (Å²) in [5, 5.41) is 16.5. The number of halogens is 1. The lowest BCUT2D eigenvalue weighted by Gasteiger charge is -2.18. The Labute approximate surface area is 147 Å². The van der Waals surface area contributed by atoms with E-state index in [0.29, 0.717) is 24.1 Å². The SMILES string of the molecule is C[C@@H](Sc1nnc(-c2ccccc2Br)o1)C(=O)N(C)CCC#N. The molecule has 0 radical (unpaired) electrons. The van der Waals surface area contributed by atoms with Crippen molar-refractivity contribution >= 4 is 33.6 Å². The third kappa shape index (κ3) is 4.56. The molecule has 23 heavy (non-hydrogen) atoms. The second-order valence-electron chi connectivity index (χ2n) is 4.78. The molecule has 120 valence electrons. The number of hydrogen-bond donors (Lipinski definition) is 0. The number of rotatable bonds is 6. The van der Waals surface area contributed by atoms with Gasteiger partial charge in [-0.05, 0) is 35.0 Å². The van der Waals surface area contributed by atoms with Crippen LogP contribution in [0.4, 0.5) is 0 Å². The average molecular weight is 395 g/mol. The van der Waals surface area contributed by atoms with Crippen LogP contribution in [0.1, 0.15) is 13.3 Å². The lowest BCUT2D eigenvalue weighted by Crippen LogP contribution is -2.33. The molecule has 8 heteroatoms. The van der Waals surface area contributed by atoms with Crippen molar-refractivity contribution < 1.29 is 9.21 Å². The van der Waals surface area contributed by atoms with Crippen molar-refractivity contribution in [1.29, 1.82) is 5.26 Å². The van der Waals surface area contributed by atoms with E-state index in [4.69, 9.17) is 9.68 Å². The van der Waals surface area contributed by atoms with Crippen molar-refractivity contribution in [2.24, 2.45) is 0 Å². The van der Waals surface area contributed by atoms with Gasteiger partial charge < -0.3 is 9.32 Å². The fourth-order valence-corrected chi connectivity index (χ4v) is 3.09. The van der Waals surface area contributed by atoms with Gasteiger partial charge in [0.25, 0.3) is 5.22 Å². The molecule has 6 nitrogen and oxygen atoms in total. The number of carbonyl (C=O) groups excluding carboxylic acids is 1. The Balaban J connectivity index is 2.03. The maximum Gasteiger partial charge on any atom is 0.277 e. The van der Waals surface area contributed by atoms with Gasteiger partial charge in [-0.15, -0.1) is 10.2 Å². The first-order valence-corrected chi connectivity index (χ1v) is 8.57. The number of thioether (sulfide) groups is 1. The number of benzene rings is 1. The van der Waals surface area contributed by atoms with E-state index < -0.39 is 0 Å². The lowest BCUT2D eigenvalue weighted by atomic mass is 10.2. The predicted molar refractivity (Wildman–Crippen MR) is 90.6 cm³/mol. The topological polar surface area (TPSA) is 83.0 Å². The molecule has 1 atom stereocenters. The summed E-state index contributed by atoms with van der Waals surface area (Å²) in [6.07, 6.45) is 0.312. The molecule has 0 unspecified atom stereocenters. The normalized spacial score (nSPS) is 11.7. The molecule has 0 bridgehead atoms. The zero-order valence-corrected chi connectivity index (χ0v) is 15.1. The van der Waals surface area contributed by atoms with Crippen LogP contribution in [0.25, 0.3) is 11.5 Å². The van der Waals surface area contributed by atoms with E-state index in [-0.39, 0.29) is 11.2 Å². The van der Waals surface area contributed by atoms with Crippen LogP contribution in [0, 0.1) is 11.3 Å². The predicted octanol–water partition coefficient (Wildman–Crippen LogP) is 3.35. The van der Waals surface area contributed by atoms with Crippen LogP contribution >= 0.6 is 27.7 Å². The molecule has 0 aliphatic heterocycles. The van der Waals surface area contributed by atoms with E-state index in [1.54, 1.807) is 14.0 Å². The first-order chi connectivity index (χ1) is 11.0. The Hall–Kier alpha value is -1.85. The number of aromatic nitrogens is 2. The van der Waals surface area contributed by atoms with Crippen LogP contribution in [0.15, 0.2) is 38.4 Å². The average Bonchev–Trinajstić information content (AvgIpc) is 3.00. The number of nitriles is 1. The van der Waals surface area contributed by atoms with Crippen molar-refractivity contribution in [3.63, 3.8) is 0 Å². The Morgan fingerprint density at radius 1 is 1.48 bits per heavy atom. The third-order valence-corrected chi connectivity index (χ3v) is 4.68. The van der Waals surface area contributed by atoms with Gasteiger partial charge in [-0.25, -0.2) is 0 Å². The number of amides is 1. The van der Waals surface area contributed by atoms with Crippen LogP contribution in [0.2, 0.25) is 0 Å². The molecular weight excluding hydrogens is 380 g/mol. The van der Waals surface area contributed by atoms with Crippen LogP contribution in [0.3, 0.4) is 0 Å². The van der Waals surface area contributed by atoms with Gasteiger partial charge in [0, 0.05) is 18.1 Å². The van der Waals surface area contributed by atoms with E-state index in [1.165, 1.54) is 16.7 Å². The molecule has 0 saturated carbocycles. The van der Waals surface area contributed by atoms with Gasteiger partial charge >= 0.3 is 0 Å². The van der Waals surface area contributed by atoms with Gasteiger partial charge in [0.05, 0.1) is 23.3 Å². The second-order valence-corrected chi connectivity index (χ2v) is 6.93. The molecule has 0 saturated heterocycles. The van der Waals surface area contributed by atoms with E-state index in [2.05, 4.69) is 26.1 Å². The summed E-state index contributed by atoms with van der Waals surface area (Å²) in [7, 11) is 1.68. The summed E-state index contributed by atoms with van der Waals surface area (Å²) in [5.74, 6) is 0.323. The molecule has 0 fully saturated rings. The monoisotopic (exact) mass is 394 g/mol. The van der Waals surface area contributed by atoms with Gasteiger partial charge in [0.2, 0.25) is 11.8 Å². The quantitative estimate of drug-likeness (QED) is 0.698. The molecule has 0 aliphatic rings. The largest absolute Gasteiger partial charge is 0.411 e. The fourth-order valence-electron chi connectivity index (χ4n) is 1.84. The highest BCUT2D eigenvalue weighted by molar-refractivity contribution is 9.10. The van der Waals surface area contributed by atoms with E-state index >= 15 is 0 Å². The Morgan fingerprint density at radius 3 is 2.91 bits per heavy atom. The van der Waals surface area contributed by atoms with Gasteiger partial charge in [-0.1, -0.05) is 23.9 Å². The molecule has 1 aromatic carbocycles. The van der Waals surface area contributed by atoms with Gasteiger partial charge in [-0.2, -0.15) is 5.26 Å². The molecule has 2 rings (SSSR count). The lowest BCUT2D eigenvalue weighted by molar-refractivity contribution is -0.128. The Kier molecular flexibility index (Phi) is 6.19. The number of nitrogens with zero attached hydrogens (tertiary/aromatic N) is 4. The first kappa shape index (κ1) is 17.5. The van der Waals surface area contributed by atoms with Crippen LogP contribution in [-0.4, -0.2) is 39.8 Å². The summed E-state index contributed by atoms with van der Waals surface area (Å²) in [6, 6.07) is 9.57. The van der Waals surface area contributed by atoms with Gasteiger partial charge in [0.1, 0.15) is 0 Å². The molecule has 0 N–H and O–H groups in total. The summed E-state index contributed by atoms with van der Waals surface area (Å²) in [6.45, 7) is 2.18. The van der Waals surface area contributed by atoms with E-state index in [9.17, 15) is 4.79 Å². The minimum Gasteiger partial charge on any atom is -0.411 e. The molecule has 1 heterocycles. The number of carbonyl (C=O) groups is 1. The maximum absolute atomic E-state index is 12.2. The van der Waals surface area contributed by atoms with Crippen molar-refractivity contribution in [3.05, 3.63) is 28.7 Å². The maximum atomic E-state index is 12.2. The van der Waals surface area contributed by atoms with Crippen LogP contribution < -0.4 is 0 Å². The Bertz CT molecular complexity index is 728. The number of hydrogen-bond acceptors (Lipinski definition) is 6. The minimum atomic E-state index is -0.369. The van der Waals surface area contributed by atoms with Crippen molar-refractivity contribution in [3.8, 4) is 17.5 Å². The summed E-state index contributed by atoms with van der Waals surface area (Å²) in [5.41, 5.74) is 0.803. The van der Waals surface area contributed by atoms with Gasteiger partial charge in [-0.3, -0.25) is 4.79 Å². The molecule has 1 amide bonds. The van der Waals surface area contributed by atoms with Gasteiger partial charge in [0.15, 0.2) is 0 Å². The standard InChI is InChI=1S/C15H15BrN4O2S/c1-10(14(21)20(2)9-5-8-17)23-15-19-18-13(22-15)11-6-3-4-7-12(11)16/h3-4,6-7,10H,5,9H2,1-2H3/t10-/m1/s1. The van der Waals surface area contributed by atoms with Crippen LogP contribution in [0.5, 0.6) is 0 Å². The summed E-state index contributed by atoms with van der Waals surface area (Å²) < 4.78 is 6.48. The summed E-state index contributed by atoms with van der Waals surface area (Å²) >= 11 is 4.64. The zero-order chi connectivity index (χ0) is 16.8. The fraction of sp³-hybridized carbons (Fsp3) is 0.333. The first-order valence-electron chi connectivity index (χ1n) is 6.90. The van der Waals surface area contributed by atoms with Crippen LogP contribution in [-0.2, 0) is 4.79 Å². The smallest absolute Gasteiger partial charge is 0.277 e. The minimum absolute atomic E-state index is 0.0779.